The number of Topliss-reactive ketones (excluding diaryl/α,β-unsaturated/α-hetero) is 1. The van der Waals surface area contributed by atoms with Crippen molar-refractivity contribution in [1.82, 2.24) is 4.90 Å². The SMILES string of the molecule is CC(=O)OCCN(C)C(=O)C(=O)c1c(I)c(Cl)c(I)c(NC(=O)COC(C)=O)c1I. The molecule has 0 saturated heterocycles. The Bertz CT molecular complexity index is 908. The first kappa shape index (κ1) is 27.3. The van der Waals surface area contributed by atoms with Crippen LogP contribution in [0.1, 0.15) is 24.2 Å². The van der Waals surface area contributed by atoms with Crippen LogP contribution in [0.4, 0.5) is 5.69 Å². The van der Waals surface area contributed by atoms with Crippen LogP contribution in [-0.4, -0.2) is 61.2 Å². The predicted octanol–water partition coefficient (Wildman–Crippen LogP) is 2.86. The van der Waals surface area contributed by atoms with Crippen molar-refractivity contribution in [2.45, 2.75) is 13.8 Å². The molecule has 0 unspecified atom stereocenters. The number of amides is 2. The number of hydrogen-bond donors (Lipinski definition) is 1. The van der Waals surface area contributed by atoms with E-state index in [2.05, 4.69) is 10.1 Å². The molecule has 2 amide bonds. The molecule has 30 heavy (non-hydrogen) atoms. The normalized spacial score (nSPS) is 10.2. The summed E-state index contributed by atoms with van der Waals surface area (Å²) in [7, 11) is 1.40. The van der Waals surface area contributed by atoms with Crippen molar-refractivity contribution in [2.24, 2.45) is 0 Å². The van der Waals surface area contributed by atoms with Crippen molar-refractivity contribution in [3.05, 3.63) is 21.3 Å². The minimum Gasteiger partial charge on any atom is -0.464 e. The molecule has 0 bridgehead atoms. The average molecular weight is 776 g/mol. The monoisotopic (exact) mass is 776 g/mol. The number of benzene rings is 1. The van der Waals surface area contributed by atoms with Gasteiger partial charge in [0.25, 0.3) is 17.6 Å². The molecule has 0 aliphatic rings. The second kappa shape index (κ2) is 12.3. The first-order valence-corrected chi connectivity index (χ1v) is 11.7. The van der Waals surface area contributed by atoms with Crippen molar-refractivity contribution < 1.29 is 33.4 Å². The van der Waals surface area contributed by atoms with Gasteiger partial charge in [0.15, 0.2) is 6.61 Å². The minimum atomic E-state index is -0.831. The summed E-state index contributed by atoms with van der Waals surface area (Å²) in [5, 5.41) is 2.75. The first-order valence-electron chi connectivity index (χ1n) is 8.10. The van der Waals surface area contributed by atoms with Gasteiger partial charge in [0, 0.05) is 24.5 Å². The molecule has 0 fully saturated rings. The number of nitrogens with zero attached hydrogens (tertiary/aromatic N) is 1. The topological polar surface area (TPSA) is 119 Å². The summed E-state index contributed by atoms with van der Waals surface area (Å²) in [5.74, 6) is -3.39. The summed E-state index contributed by atoms with van der Waals surface area (Å²) in [5.41, 5.74) is 0.270. The van der Waals surface area contributed by atoms with Crippen LogP contribution in [-0.2, 0) is 28.7 Å². The Morgan fingerprint density at radius 1 is 0.967 bits per heavy atom. The number of carbonyl (C=O) groups excluding carboxylic acids is 5. The molecule has 0 atom stereocenters. The molecule has 0 spiro atoms. The molecule has 9 nitrogen and oxygen atoms in total. The van der Waals surface area contributed by atoms with E-state index in [0.29, 0.717) is 10.7 Å². The summed E-state index contributed by atoms with van der Waals surface area (Å²) >= 11 is 11.9. The highest BCUT2D eigenvalue weighted by Crippen LogP contribution is 2.38. The van der Waals surface area contributed by atoms with Crippen LogP contribution in [0.25, 0.3) is 0 Å². The Morgan fingerprint density at radius 2 is 1.53 bits per heavy atom. The quantitative estimate of drug-likeness (QED) is 0.108. The van der Waals surface area contributed by atoms with Crippen molar-refractivity contribution in [1.29, 1.82) is 0 Å². The van der Waals surface area contributed by atoms with Crippen LogP contribution in [0.2, 0.25) is 5.02 Å². The fraction of sp³-hybridized carbons (Fsp3) is 0.353. The van der Waals surface area contributed by atoms with Crippen molar-refractivity contribution in [3.8, 4) is 0 Å². The largest absolute Gasteiger partial charge is 0.464 e. The molecule has 0 saturated carbocycles. The van der Waals surface area contributed by atoms with Gasteiger partial charge in [-0.25, -0.2) is 0 Å². The van der Waals surface area contributed by atoms with E-state index in [4.69, 9.17) is 16.3 Å². The van der Waals surface area contributed by atoms with Crippen molar-refractivity contribution >= 4 is 115 Å². The number of halogens is 4. The van der Waals surface area contributed by atoms with Gasteiger partial charge in [-0.2, -0.15) is 0 Å². The van der Waals surface area contributed by atoms with E-state index in [-0.39, 0.29) is 29.4 Å². The molecule has 0 aromatic heterocycles. The number of likely N-dealkylation sites (N-methyl/N-ethyl adjacent to an activating group) is 1. The maximum Gasteiger partial charge on any atom is 0.303 e. The number of rotatable bonds is 8. The summed E-state index contributed by atoms with van der Waals surface area (Å²) in [4.78, 5) is 60.4. The zero-order valence-corrected chi connectivity index (χ0v) is 23.2. The van der Waals surface area contributed by atoms with Gasteiger partial charge in [0.2, 0.25) is 0 Å². The lowest BCUT2D eigenvalue weighted by molar-refractivity contribution is -0.145. The van der Waals surface area contributed by atoms with Crippen LogP contribution >= 0.6 is 79.4 Å². The molecular weight excluding hydrogens is 760 g/mol. The highest BCUT2D eigenvalue weighted by Gasteiger charge is 2.30. The van der Waals surface area contributed by atoms with Gasteiger partial charge < -0.3 is 19.7 Å². The molecule has 164 valence electrons. The summed E-state index contributed by atoms with van der Waals surface area (Å²) in [6.07, 6.45) is 0. The maximum atomic E-state index is 12.9. The van der Waals surface area contributed by atoms with Gasteiger partial charge in [-0.1, -0.05) is 11.6 Å². The Hall–Kier alpha value is -0.750. The fourth-order valence-electron chi connectivity index (χ4n) is 1.99. The van der Waals surface area contributed by atoms with Crippen LogP contribution in [0.3, 0.4) is 0 Å². The number of esters is 2. The van der Waals surface area contributed by atoms with Crippen molar-refractivity contribution in [2.75, 3.05) is 32.1 Å². The lowest BCUT2D eigenvalue weighted by Crippen LogP contribution is -2.36. The van der Waals surface area contributed by atoms with Crippen LogP contribution in [0.15, 0.2) is 0 Å². The number of anilines is 1. The van der Waals surface area contributed by atoms with Crippen LogP contribution in [0.5, 0.6) is 0 Å². The summed E-state index contributed by atoms with van der Waals surface area (Å²) in [6, 6.07) is 0. The minimum absolute atomic E-state index is 0.0292. The van der Waals surface area contributed by atoms with Gasteiger partial charge in [0.1, 0.15) is 6.61 Å². The van der Waals surface area contributed by atoms with Crippen LogP contribution < -0.4 is 5.32 Å². The van der Waals surface area contributed by atoms with Gasteiger partial charge >= 0.3 is 11.9 Å². The summed E-state index contributed by atoms with van der Waals surface area (Å²) < 4.78 is 10.6. The molecule has 1 aromatic carbocycles. The number of hydrogen-bond acceptors (Lipinski definition) is 7. The molecule has 0 aliphatic carbocycles. The molecule has 0 radical (unpaired) electrons. The highest BCUT2D eigenvalue weighted by atomic mass is 127. The zero-order chi connectivity index (χ0) is 23.2. The molecule has 0 heterocycles. The summed E-state index contributed by atoms with van der Waals surface area (Å²) in [6.45, 7) is 1.88. The Labute approximate surface area is 218 Å². The number of ketones is 1. The third-order valence-electron chi connectivity index (χ3n) is 3.43. The molecule has 0 aliphatic heterocycles. The standard InChI is InChI=1S/C17H16ClI3N2O7/c1-7(24)29-5-4-23(3)17(28)16(27)10-12(19)11(18)14(21)15(13(10)20)22-9(26)6-30-8(2)25/h4-6H2,1-3H3,(H,22,26). The molecular formula is C17H16ClI3N2O7. The molecule has 1 aromatic rings. The number of nitrogens with one attached hydrogen (secondary N) is 1. The second-order valence-corrected chi connectivity index (χ2v) is 9.34. The lowest BCUT2D eigenvalue weighted by atomic mass is 10.1. The van der Waals surface area contributed by atoms with E-state index < -0.39 is 36.1 Å². The molecule has 13 heteroatoms. The zero-order valence-electron chi connectivity index (χ0n) is 15.9. The number of ether oxygens (including phenoxy) is 2. The Kier molecular flexibility index (Phi) is 11.2. The van der Waals surface area contributed by atoms with E-state index in [1.165, 1.54) is 20.9 Å². The number of carbonyl (C=O) groups is 5. The van der Waals surface area contributed by atoms with Crippen molar-refractivity contribution in [3.63, 3.8) is 0 Å². The van der Waals surface area contributed by atoms with Gasteiger partial charge in [-0.15, -0.1) is 0 Å². The van der Waals surface area contributed by atoms with E-state index in [1.54, 1.807) is 0 Å². The second-order valence-electron chi connectivity index (χ2n) is 5.73. The highest BCUT2D eigenvalue weighted by molar-refractivity contribution is 14.1. The van der Waals surface area contributed by atoms with Gasteiger partial charge in [-0.05, 0) is 67.8 Å². The van der Waals surface area contributed by atoms with E-state index in [1.807, 2.05) is 67.8 Å². The fourth-order valence-corrected chi connectivity index (χ4v) is 6.11. The van der Waals surface area contributed by atoms with Gasteiger partial charge in [-0.3, -0.25) is 24.0 Å². The smallest absolute Gasteiger partial charge is 0.303 e. The van der Waals surface area contributed by atoms with E-state index >= 15 is 0 Å². The Balaban J connectivity index is 3.20. The molecule has 1 N–H and O–H groups in total. The third-order valence-corrected chi connectivity index (χ3v) is 7.69. The predicted molar refractivity (Wildman–Crippen MR) is 133 cm³/mol. The molecule has 1 rings (SSSR count). The average Bonchev–Trinajstić information content (AvgIpc) is 2.67. The van der Waals surface area contributed by atoms with E-state index in [0.717, 1.165) is 4.90 Å². The van der Waals surface area contributed by atoms with Gasteiger partial charge in [0.05, 0.1) is 30.0 Å². The van der Waals surface area contributed by atoms with E-state index in [9.17, 15) is 24.0 Å². The maximum absolute atomic E-state index is 12.9. The Morgan fingerprint density at radius 3 is 2.07 bits per heavy atom. The third kappa shape index (κ3) is 7.44. The lowest BCUT2D eigenvalue weighted by Gasteiger charge is -2.19. The van der Waals surface area contributed by atoms with Crippen LogP contribution in [0, 0.1) is 10.7 Å². The first-order chi connectivity index (χ1) is 13.9.